The topological polar surface area (TPSA) is 17.1 Å². The van der Waals surface area contributed by atoms with Crippen molar-refractivity contribution in [2.24, 2.45) is 11.8 Å². The molecule has 2 rings (SSSR count). The average Bonchev–Trinajstić information content (AvgIpc) is 2.43. The maximum Gasteiger partial charge on any atom is 0.145 e. The predicted molar refractivity (Wildman–Crippen MR) is 75.9 cm³/mol. The van der Waals surface area contributed by atoms with Gasteiger partial charge in [0.1, 0.15) is 11.6 Å². The number of carbonyl (C=O) groups is 1. The van der Waals surface area contributed by atoms with Gasteiger partial charge in [0.25, 0.3) is 0 Å². The van der Waals surface area contributed by atoms with E-state index in [0.29, 0.717) is 11.5 Å². The van der Waals surface area contributed by atoms with Gasteiger partial charge >= 0.3 is 0 Å². The van der Waals surface area contributed by atoms with Gasteiger partial charge in [-0.15, -0.1) is 0 Å². The first-order valence-electron chi connectivity index (χ1n) is 7.09. The molecule has 2 atom stereocenters. The second-order valence-corrected chi connectivity index (χ2v) is 5.82. The zero-order valence-corrected chi connectivity index (χ0v) is 12.0. The summed E-state index contributed by atoms with van der Waals surface area (Å²) in [6, 6.07) is 4.87. The van der Waals surface area contributed by atoms with E-state index in [2.05, 4.69) is 6.92 Å². The molecule has 1 saturated carbocycles. The molecule has 1 aromatic rings. The number of benzene rings is 1. The number of carbonyl (C=O) groups excluding carboxylic acids is 1. The van der Waals surface area contributed by atoms with Gasteiger partial charge in [0.2, 0.25) is 0 Å². The van der Waals surface area contributed by atoms with Crippen molar-refractivity contribution >= 4 is 17.4 Å². The zero-order chi connectivity index (χ0) is 13.8. The van der Waals surface area contributed by atoms with Crippen molar-refractivity contribution in [3.8, 4) is 0 Å². The van der Waals surface area contributed by atoms with E-state index in [1.54, 1.807) is 12.1 Å². The Morgan fingerprint density at radius 3 is 2.84 bits per heavy atom. The van der Waals surface area contributed by atoms with Gasteiger partial charge in [0.05, 0.1) is 5.02 Å². The van der Waals surface area contributed by atoms with Crippen molar-refractivity contribution < 1.29 is 9.18 Å². The molecule has 0 radical (unpaired) electrons. The Balaban J connectivity index is 2.09. The van der Waals surface area contributed by atoms with Gasteiger partial charge in [0.15, 0.2) is 0 Å². The van der Waals surface area contributed by atoms with Crippen LogP contribution in [-0.2, 0) is 11.2 Å². The first-order chi connectivity index (χ1) is 9.13. The van der Waals surface area contributed by atoms with Crippen LogP contribution in [0.3, 0.4) is 0 Å². The maximum atomic E-state index is 13.8. The van der Waals surface area contributed by atoms with Crippen molar-refractivity contribution in [2.75, 3.05) is 0 Å². The molecule has 104 valence electrons. The van der Waals surface area contributed by atoms with Crippen LogP contribution in [0.1, 0.15) is 44.6 Å². The summed E-state index contributed by atoms with van der Waals surface area (Å²) in [6.45, 7) is 2.14. The van der Waals surface area contributed by atoms with Gasteiger partial charge < -0.3 is 0 Å². The first kappa shape index (κ1) is 14.5. The fourth-order valence-corrected chi connectivity index (χ4v) is 3.32. The van der Waals surface area contributed by atoms with Gasteiger partial charge in [-0.1, -0.05) is 49.9 Å². The van der Waals surface area contributed by atoms with Crippen LogP contribution in [-0.4, -0.2) is 5.78 Å². The molecular formula is C16H20ClFO. The van der Waals surface area contributed by atoms with Crippen molar-refractivity contribution in [2.45, 2.75) is 45.4 Å². The lowest BCUT2D eigenvalue weighted by Gasteiger charge is -2.29. The van der Waals surface area contributed by atoms with Crippen LogP contribution in [0.15, 0.2) is 18.2 Å². The zero-order valence-electron chi connectivity index (χ0n) is 11.3. The summed E-state index contributed by atoms with van der Waals surface area (Å²) in [5, 5.41) is 0.0981. The summed E-state index contributed by atoms with van der Waals surface area (Å²) in [5.74, 6) is 0.315. The van der Waals surface area contributed by atoms with Gasteiger partial charge in [-0.2, -0.15) is 0 Å². The minimum atomic E-state index is -0.443. The smallest absolute Gasteiger partial charge is 0.145 e. The molecule has 0 heterocycles. The number of hydrogen-bond acceptors (Lipinski definition) is 1. The standard InChI is InChI=1S/C16H20ClFO/c1-2-11-6-3-4-8-13(11)15(19)10-12-7-5-9-14(17)16(12)18/h5,7,9,11,13H,2-4,6,8,10H2,1H3. The van der Waals surface area contributed by atoms with Crippen molar-refractivity contribution in [3.63, 3.8) is 0 Å². The second kappa shape index (κ2) is 6.51. The molecule has 19 heavy (non-hydrogen) atoms. The molecule has 1 nitrogen and oxygen atoms in total. The van der Waals surface area contributed by atoms with E-state index in [1.807, 2.05) is 0 Å². The van der Waals surface area contributed by atoms with Gasteiger partial charge in [0, 0.05) is 12.3 Å². The van der Waals surface area contributed by atoms with E-state index in [4.69, 9.17) is 11.6 Å². The molecule has 0 amide bonds. The second-order valence-electron chi connectivity index (χ2n) is 5.42. The Bertz CT molecular complexity index is 458. The largest absolute Gasteiger partial charge is 0.299 e. The summed E-state index contributed by atoms with van der Waals surface area (Å²) >= 11 is 5.75. The Morgan fingerprint density at radius 2 is 2.11 bits per heavy atom. The number of hydrogen-bond donors (Lipinski definition) is 0. The third-order valence-electron chi connectivity index (χ3n) is 4.24. The molecule has 1 aliphatic rings. The van der Waals surface area contributed by atoms with Crippen LogP contribution in [0.5, 0.6) is 0 Å². The highest BCUT2D eigenvalue weighted by Crippen LogP contribution is 2.33. The van der Waals surface area contributed by atoms with E-state index < -0.39 is 5.82 Å². The van der Waals surface area contributed by atoms with Gasteiger partial charge in [-0.3, -0.25) is 4.79 Å². The summed E-state index contributed by atoms with van der Waals surface area (Å²) in [7, 11) is 0. The van der Waals surface area contributed by atoms with E-state index in [1.165, 1.54) is 12.5 Å². The van der Waals surface area contributed by atoms with Crippen LogP contribution >= 0.6 is 11.6 Å². The van der Waals surface area contributed by atoms with Crippen molar-refractivity contribution in [3.05, 3.63) is 34.6 Å². The van der Waals surface area contributed by atoms with Crippen LogP contribution in [0.2, 0.25) is 5.02 Å². The summed E-state index contributed by atoms with van der Waals surface area (Å²) in [4.78, 5) is 12.4. The predicted octanol–water partition coefficient (Wildman–Crippen LogP) is 4.81. The van der Waals surface area contributed by atoms with E-state index in [-0.39, 0.29) is 23.1 Å². The van der Waals surface area contributed by atoms with Gasteiger partial charge in [-0.25, -0.2) is 4.39 Å². The molecule has 1 aliphatic carbocycles. The van der Waals surface area contributed by atoms with Crippen LogP contribution < -0.4 is 0 Å². The fourth-order valence-electron chi connectivity index (χ4n) is 3.12. The Morgan fingerprint density at radius 1 is 1.37 bits per heavy atom. The highest BCUT2D eigenvalue weighted by molar-refractivity contribution is 6.30. The van der Waals surface area contributed by atoms with Crippen molar-refractivity contribution in [1.82, 2.24) is 0 Å². The maximum absolute atomic E-state index is 13.8. The molecule has 1 aromatic carbocycles. The average molecular weight is 283 g/mol. The number of Topliss-reactive ketones (excluding diaryl/α,β-unsaturated/α-hetero) is 1. The minimum absolute atomic E-state index is 0.0981. The SMILES string of the molecule is CCC1CCCCC1C(=O)Cc1cccc(Cl)c1F. The van der Waals surface area contributed by atoms with E-state index in [9.17, 15) is 9.18 Å². The van der Waals surface area contributed by atoms with Crippen LogP contribution in [0.4, 0.5) is 4.39 Å². The fraction of sp³-hybridized carbons (Fsp3) is 0.562. The number of rotatable bonds is 4. The lowest BCUT2D eigenvalue weighted by Crippen LogP contribution is -2.28. The molecule has 1 fully saturated rings. The summed E-state index contributed by atoms with van der Waals surface area (Å²) < 4.78 is 13.8. The Kier molecular flexibility index (Phi) is 4.98. The quantitative estimate of drug-likeness (QED) is 0.775. The third kappa shape index (κ3) is 3.36. The van der Waals surface area contributed by atoms with Gasteiger partial charge in [-0.05, 0) is 30.4 Å². The molecule has 0 N–H and O–H groups in total. The molecular weight excluding hydrogens is 263 g/mol. The molecule has 0 aromatic heterocycles. The lowest BCUT2D eigenvalue weighted by molar-refractivity contribution is -0.125. The molecule has 0 saturated heterocycles. The molecule has 0 spiro atoms. The Hall–Kier alpha value is -0.890. The number of halogens is 2. The van der Waals surface area contributed by atoms with Crippen LogP contribution in [0, 0.1) is 17.7 Å². The minimum Gasteiger partial charge on any atom is -0.299 e. The van der Waals surface area contributed by atoms with Crippen molar-refractivity contribution in [1.29, 1.82) is 0 Å². The molecule has 0 aliphatic heterocycles. The normalized spacial score (nSPS) is 23.3. The first-order valence-corrected chi connectivity index (χ1v) is 7.47. The lowest BCUT2D eigenvalue weighted by atomic mass is 9.74. The van der Waals surface area contributed by atoms with E-state index >= 15 is 0 Å². The third-order valence-corrected chi connectivity index (χ3v) is 4.54. The van der Waals surface area contributed by atoms with Crippen LogP contribution in [0.25, 0.3) is 0 Å². The summed E-state index contributed by atoms with van der Waals surface area (Å²) in [5.41, 5.74) is 0.429. The molecule has 0 bridgehead atoms. The molecule has 2 unspecified atom stereocenters. The molecule has 3 heteroatoms. The summed E-state index contributed by atoms with van der Waals surface area (Å²) in [6.07, 6.45) is 5.63. The Labute approximate surface area is 119 Å². The highest BCUT2D eigenvalue weighted by atomic mass is 35.5. The number of ketones is 1. The van der Waals surface area contributed by atoms with E-state index in [0.717, 1.165) is 25.7 Å². The highest BCUT2D eigenvalue weighted by Gasteiger charge is 2.29. The monoisotopic (exact) mass is 282 g/mol.